The Balaban J connectivity index is 2.24. The minimum Gasteiger partial charge on any atom is -0.481 e. The lowest BCUT2D eigenvalue weighted by Gasteiger charge is -2.13. The molecule has 21 heavy (non-hydrogen) atoms. The van der Waals surface area contributed by atoms with Gasteiger partial charge in [0.1, 0.15) is 0 Å². The quantitative estimate of drug-likeness (QED) is 0.924. The molecule has 6 nitrogen and oxygen atoms in total. The summed E-state index contributed by atoms with van der Waals surface area (Å²) in [6, 6.07) is 1.80. The van der Waals surface area contributed by atoms with Crippen LogP contribution in [0.15, 0.2) is 23.4 Å². The summed E-state index contributed by atoms with van der Waals surface area (Å²) in [6.45, 7) is 1.48. The van der Waals surface area contributed by atoms with Gasteiger partial charge in [0.15, 0.2) is 5.82 Å². The molecule has 0 radical (unpaired) electrons. The van der Waals surface area contributed by atoms with Gasteiger partial charge >= 0.3 is 12.1 Å². The monoisotopic (exact) mass is 301 g/mol. The molecule has 9 heteroatoms. The van der Waals surface area contributed by atoms with Crippen LogP contribution < -0.4 is 5.01 Å². The topological polar surface area (TPSA) is 82.9 Å². The van der Waals surface area contributed by atoms with E-state index < -0.39 is 36.0 Å². The van der Waals surface area contributed by atoms with Gasteiger partial charge in [0, 0.05) is 11.9 Å². The molecule has 0 aromatic carbocycles. The summed E-state index contributed by atoms with van der Waals surface area (Å²) in [5.74, 6) is -2.79. The van der Waals surface area contributed by atoms with Crippen molar-refractivity contribution in [3.05, 3.63) is 23.9 Å². The number of pyridine rings is 1. The van der Waals surface area contributed by atoms with E-state index >= 15 is 0 Å². The Kier molecular flexibility index (Phi) is 3.67. The Morgan fingerprint density at radius 3 is 2.57 bits per heavy atom. The number of hydrazone groups is 1. The third-order valence-corrected chi connectivity index (χ3v) is 2.94. The van der Waals surface area contributed by atoms with Gasteiger partial charge in [-0.1, -0.05) is 0 Å². The van der Waals surface area contributed by atoms with E-state index in [1.807, 2.05) is 0 Å². The second-order valence-electron chi connectivity index (χ2n) is 4.44. The lowest BCUT2D eigenvalue weighted by atomic mass is 10.0. The molecular weight excluding hydrogens is 291 g/mol. The molecule has 1 aliphatic rings. The molecule has 1 atom stereocenters. The minimum atomic E-state index is -4.52. The molecule has 0 fully saturated rings. The van der Waals surface area contributed by atoms with Crippen molar-refractivity contribution in [1.82, 2.24) is 4.98 Å². The molecule has 1 unspecified atom stereocenters. The number of aliphatic carboxylic acids is 1. The van der Waals surface area contributed by atoms with E-state index in [0.29, 0.717) is 6.20 Å². The molecule has 0 saturated heterocycles. The van der Waals surface area contributed by atoms with Crippen LogP contribution >= 0.6 is 0 Å². The molecule has 2 heterocycles. The highest BCUT2D eigenvalue weighted by Crippen LogP contribution is 2.30. The van der Waals surface area contributed by atoms with Crippen molar-refractivity contribution in [1.29, 1.82) is 0 Å². The first kappa shape index (κ1) is 14.9. The number of alkyl halides is 3. The number of carbonyl (C=O) groups is 2. The van der Waals surface area contributed by atoms with Crippen LogP contribution in [0, 0.1) is 5.92 Å². The van der Waals surface area contributed by atoms with Crippen LogP contribution in [0.3, 0.4) is 0 Å². The summed E-state index contributed by atoms with van der Waals surface area (Å²) in [4.78, 5) is 26.3. The van der Waals surface area contributed by atoms with E-state index in [0.717, 1.165) is 17.1 Å². The van der Waals surface area contributed by atoms with Crippen molar-refractivity contribution in [2.75, 3.05) is 5.01 Å². The second-order valence-corrected chi connectivity index (χ2v) is 4.44. The number of hydrogen-bond donors (Lipinski definition) is 1. The predicted molar refractivity (Wildman–Crippen MR) is 65.6 cm³/mol. The fourth-order valence-electron chi connectivity index (χ4n) is 1.86. The zero-order valence-corrected chi connectivity index (χ0v) is 10.8. The van der Waals surface area contributed by atoms with E-state index in [9.17, 15) is 22.8 Å². The van der Waals surface area contributed by atoms with Gasteiger partial charge < -0.3 is 5.11 Å². The van der Waals surface area contributed by atoms with Crippen LogP contribution in [0.4, 0.5) is 19.0 Å². The molecule has 1 aliphatic heterocycles. The van der Waals surface area contributed by atoms with E-state index in [-0.39, 0.29) is 11.5 Å². The van der Waals surface area contributed by atoms with Crippen LogP contribution in [0.1, 0.15) is 18.9 Å². The molecule has 0 spiro atoms. The molecular formula is C12H10F3N3O3. The molecule has 1 N–H and O–H groups in total. The highest BCUT2D eigenvalue weighted by molar-refractivity contribution is 6.15. The van der Waals surface area contributed by atoms with Gasteiger partial charge in [0.2, 0.25) is 0 Å². The number of carboxylic acids is 1. The number of carboxylic acid groups (broad SMARTS) is 1. The van der Waals surface area contributed by atoms with Crippen molar-refractivity contribution in [3.63, 3.8) is 0 Å². The molecule has 0 aliphatic carbocycles. The summed E-state index contributed by atoms with van der Waals surface area (Å²) >= 11 is 0. The van der Waals surface area contributed by atoms with E-state index in [1.165, 1.54) is 6.92 Å². The third-order valence-electron chi connectivity index (χ3n) is 2.94. The van der Waals surface area contributed by atoms with E-state index in [2.05, 4.69) is 10.1 Å². The third kappa shape index (κ3) is 3.01. The van der Waals surface area contributed by atoms with Crippen molar-refractivity contribution >= 4 is 23.4 Å². The average Bonchev–Trinajstić information content (AvgIpc) is 2.65. The highest BCUT2D eigenvalue weighted by Gasteiger charge is 2.37. The maximum absolute atomic E-state index is 12.4. The van der Waals surface area contributed by atoms with Crippen molar-refractivity contribution in [2.45, 2.75) is 19.5 Å². The fourth-order valence-corrected chi connectivity index (χ4v) is 1.86. The van der Waals surface area contributed by atoms with Gasteiger partial charge in [-0.3, -0.25) is 9.59 Å². The Bertz CT molecular complexity index is 610. The number of halogens is 3. The molecule has 1 aromatic rings. The molecule has 2 rings (SSSR count). The number of amides is 1. The summed E-state index contributed by atoms with van der Waals surface area (Å²) in [6.07, 6.45) is -4.35. The Labute approximate surface area is 116 Å². The van der Waals surface area contributed by atoms with Crippen LogP contribution in [-0.2, 0) is 15.8 Å². The second kappa shape index (κ2) is 5.15. The van der Waals surface area contributed by atoms with Gasteiger partial charge in [-0.2, -0.15) is 23.3 Å². The van der Waals surface area contributed by atoms with Gasteiger partial charge in [-0.25, -0.2) is 4.98 Å². The van der Waals surface area contributed by atoms with Gasteiger partial charge in [0.25, 0.3) is 5.91 Å². The van der Waals surface area contributed by atoms with E-state index in [1.54, 1.807) is 0 Å². The number of nitrogens with zero attached hydrogens (tertiary/aromatic N) is 3. The zero-order valence-electron chi connectivity index (χ0n) is 10.8. The summed E-state index contributed by atoms with van der Waals surface area (Å²) in [5.41, 5.74) is -0.662. The van der Waals surface area contributed by atoms with Crippen molar-refractivity contribution < 1.29 is 27.9 Å². The van der Waals surface area contributed by atoms with Gasteiger partial charge in [-0.15, -0.1) is 0 Å². The number of carbonyl (C=O) groups excluding carboxylic acids is 1. The highest BCUT2D eigenvalue weighted by atomic mass is 19.4. The average molecular weight is 301 g/mol. The first-order valence-electron chi connectivity index (χ1n) is 5.84. The van der Waals surface area contributed by atoms with Crippen LogP contribution in [0.5, 0.6) is 0 Å². The summed E-state index contributed by atoms with van der Waals surface area (Å²) < 4.78 is 37.3. The maximum Gasteiger partial charge on any atom is 0.417 e. The zero-order chi connectivity index (χ0) is 15.8. The standard InChI is InChI=1S/C12H10F3N3O3/c1-6-8(4-10(19)20)11(21)18(17-6)9-3-2-7(5-16-9)12(13,14)15/h2-3,5,8H,4H2,1H3,(H,19,20). The number of anilines is 1. The van der Waals surface area contributed by atoms with Gasteiger partial charge in [-0.05, 0) is 19.1 Å². The molecule has 1 aromatic heterocycles. The lowest BCUT2D eigenvalue weighted by molar-refractivity contribution is -0.139. The number of aromatic nitrogens is 1. The number of rotatable bonds is 3. The molecule has 112 valence electrons. The normalized spacial score (nSPS) is 18.9. The SMILES string of the molecule is CC1=NN(c2ccc(C(F)(F)F)cn2)C(=O)C1CC(=O)O. The lowest BCUT2D eigenvalue weighted by Crippen LogP contribution is -2.29. The molecule has 0 bridgehead atoms. The summed E-state index contributed by atoms with van der Waals surface area (Å²) in [5, 5.41) is 13.4. The minimum absolute atomic E-state index is 0.0831. The smallest absolute Gasteiger partial charge is 0.417 e. The molecule has 0 saturated carbocycles. The predicted octanol–water partition coefficient (Wildman–Crippen LogP) is 1.91. The van der Waals surface area contributed by atoms with Crippen molar-refractivity contribution in [2.24, 2.45) is 11.0 Å². The van der Waals surface area contributed by atoms with E-state index in [4.69, 9.17) is 5.11 Å². The fraction of sp³-hybridized carbons (Fsp3) is 0.333. The van der Waals surface area contributed by atoms with Crippen LogP contribution in [0.25, 0.3) is 0 Å². The van der Waals surface area contributed by atoms with Crippen LogP contribution in [0.2, 0.25) is 0 Å². The Hall–Kier alpha value is -2.45. The van der Waals surface area contributed by atoms with Gasteiger partial charge in [0.05, 0.1) is 17.9 Å². The van der Waals surface area contributed by atoms with Crippen molar-refractivity contribution in [3.8, 4) is 0 Å². The maximum atomic E-state index is 12.4. The molecule has 1 amide bonds. The largest absolute Gasteiger partial charge is 0.481 e. The first-order chi connectivity index (χ1) is 9.70. The Morgan fingerprint density at radius 1 is 1.43 bits per heavy atom. The summed E-state index contributed by atoms with van der Waals surface area (Å²) in [7, 11) is 0. The van der Waals surface area contributed by atoms with Crippen LogP contribution in [-0.4, -0.2) is 27.7 Å². The number of hydrogen-bond acceptors (Lipinski definition) is 4. The first-order valence-corrected chi connectivity index (χ1v) is 5.84. The Morgan fingerprint density at radius 2 is 2.10 bits per heavy atom.